The quantitative estimate of drug-likeness (QED) is 0.228. The predicted molar refractivity (Wildman–Crippen MR) is 97.0 cm³/mol. The molecule has 4 amide bonds. The number of hydrogen-bond donors (Lipinski definition) is 0. The first-order valence-corrected chi connectivity index (χ1v) is 8.41. The van der Waals surface area contributed by atoms with Gasteiger partial charge in [-0.3, -0.25) is 33.8 Å². The maximum absolute atomic E-state index is 12.7. The predicted octanol–water partition coefficient (Wildman–Crippen LogP) is 1.56. The van der Waals surface area contributed by atoms with Crippen LogP contribution in [-0.2, 0) is 16.2 Å². The van der Waals surface area contributed by atoms with Gasteiger partial charge in [0.15, 0.2) is 6.73 Å². The number of hydrogen-bond acceptors (Lipinski definition) is 7. The molecule has 0 unspecified atom stereocenters. The molecule has 2 aromatic carbocycles. The van der Waals surface area contributed by atoms with Gasteiger partial charge < -0.3 is 0 Å². The lowest BCUT2D eigenvalue weighted by atomic mass is 9.99. The van der Waals surface area contributed by atoms with Gasteiger partial charge in [-0.25, -0.2) is 0 Å². The Hall–Kier alpha value is -4.08. The van der Waals surface area contributed by atoms with Gasteiger partial charge in [0, 0.05) is 5.56 Å². The van der Waals surface area contributed by atoms with Crippen molar-refractivity contribution >= 4 is 24.1 Å². The van der Waals surface area contributed by atoms with E-state index in [2.05, 4.69) is 4.84 Å². The fraction of sp³-hybridized carbons (Fsp3) is 0.158. The van der Waals surface area contributed by atoms with Gasteiger partial charge in [-0.15, -0.1) is 10.1 Å². The molecule has 1 heterocycles. The summed E-state index contributed by atoms with van der Waals surface area (Å²) in [5.41, 5.74) is 1.24. The number of nitrogens with zero attached hydrogens (tertiary/aromatic N) is 3. The summed E-state index contributed by atoms with van der Waals surface area (Å²) in [7, 11) is 0. The summed E-state index contributed by atoms with van der Waals surface area (Å²) in [5.74, 6) is -1.94. The molecule has 0 bridgehead atoms. The smallest absolute Gasteiger partial charge is 0.292 e. The van der Waals surface area contributed by atoms with Crippen LogP contribution in [0.2, 0.25) is 0 Å². The van der Waals surface area contributed by atoms with Gasteiger partial charge in [0.1, 0.15) is 0 Å². The monoisotopic (exact) mass is 397 g/mol. The molecule has 0 atom stereocenters. The van der Waals surface area contributed by atoms with Crippen LogP contribution in [0.3, 0.4) is 0 Å². The van der Waals surface area contributed by atoms with Crippen LogP contribution in [0.15, 0.2) is 42.5 Å². The average Bonchev–Trinajstić information content (AvgIpc) is 2.92. The average molecular weight is 397 g/mol. The molecule has 2 aromatic rings. The molecule has 10 nitrogen and oxygen atoms in total. The minimum absolute atomic E-state index is 0.0286. The molecule has 10 heteroatoms. The number of benzene rings is 2. The standard InChI is InChI=1S/C19H15N3O7/c1-12-7-15-16(8-14(12)17(24)20(10-23)11-29-22(27)28)19(26)21(18(15)25)9-13-5-3-2-4-6-13/h2-8,10H,9,11H2,1H3. The van der Waals surface area contributed by atoms with Gasteiger partial charge >= 0.3 is 0 Å². The molecule has 0 radical (unpaired) electrons. The van der Waals surface area contributed by atoms with Gasteiger partial charge in [0.05, 0.1) is 17.7 Å². The van der Waals surface area contributed by atoms with Gasteiger partial charge in [0.2, 0.25) is 6.41 Å². The summed E-state index contributed by atoms with van der Waals surface area (Å²) in [5, 5.41) is 9.17. The summed E-state index contributed by atoms with van der Waals surface area (Å²) in [6.07, 6.45) is 0.0905. The highest BCUT2D eigenvalue weighted by molar-refractivity contribution is 6.22. The lowest BCUT2D eigenvalue weighted by Crippen LogP contribution is -2.33. The van der Waals surface area contributed by atoms with Crippen LogP contribution in [0.1, 0.15) is 42.2 Å². The summed E-state index contributed by atoms with van der Waals surface area (Å²) in [4.78, 5) is 65.0. The molecule has 0 saturated carbocycles. The Kier molecular flexibility index (Phi) is 5.35. The van der Waals surface area contributed by atoms with Crippen molar-refractivity contribution in [1.82, 2.24) is 9.80 Å². The van der Waals surface area contributed by atoms with E-state index in [4.69, 9.17) is 0 Å². The van der Waals surface area contributed by atoms with E-state index >= 15 is 0 Å². The third-order valence-electron chi connectivity index (χ3n) is 4.42. The first kappa shape index (κ1) is 19.7. The van der Waals surface area contributed by atoms with E-state index in [-0.39, 0.29) is 29.6 Å². The van der Waals surface area contributed by atoms with E-state index in [1.165, 1.54) is 19.1 Å². The van der Waals surface area contributed by atoms with Gasteiger partial charge in [-0.2, -0.15) is 0 Å². The second-order valence-corrected chi connectivity index (χ2v) is 6.26. The summed E-state index contributed by atoms with van der Waals surface area (Å²) in [6.45, 7) is 0.716. The van der Waals surface area contributed by atoms with Crippen LogP contribution >= 0.6 is 0 Å². The highest BCUT2D eigenvalue weighted by atomic mass is 17.0. The van der Waals surface area contributed by atoms with Gasteiger partial charge in [0.25, 0.3) is 22.8 Å². The van der Waals surface area contributed by atoms with Crippen molar-refractivity contribution in [2.45, 2.75) is 13.5 Å². The molecule has 1 aliphatic rings. The number of imide groups is 2. The fourth-order valence-corrected chi connectivity index (χ4v) is 2.99. The van der Waals surface area contributed by atoms with Crippen LogP contribution in [-0.4, -0.2) is 45.7 Å². The van der Waals surface area contributed by atoms with Crippen molar-refractivity contribution in [2.24, 2.45) is 0 Å². The van der Waals surface area contributed by atoms with Gasteiger partial charge in [-0.1, -0.05) is 30.3 Å². The fourth-order valence-electron chi connectivity index (χ4n) is 2.99. The third-order valence-corrected chi connectivity index (χ3v) is 4.42. The lowest BCUT2D eigenvalue weighted by molar-refractivity contribution is -0.761. The first-order chi connectivity index (χ1) is 13.8. The summed E-state index contributed by atoms with van der Waals surface area (Å²) < 4.78 is 0. The number of aryl methyl sites for hydroxylation is 1. The molecule has 0 fully saturated rings. The normalized spacial score (nSPS) is 12.5. The van der Waals surface area contributed by atoms with Crippen molar-refractivity contribution in [1.29, 1.82) is 0 Å². The Labute approximate surface area is 164 Å². The molecule has 29 heavy (non-hydrogen) atoms. The Bertz CT molecular complexity index is 1020. The maximum atomic E-state index is 12.7. The Morgan fingerprint density at radius 1 is 1.17 bits per heavy atom. The van der Waals surface area contributed by atoms with Crippen LogP contribution in [0.5, 0.6) is 0 Å². The maximum Gasteiger partial charge on any atom is 0.296 e. The van der Waals surface area contributed by atoms with Crippen molar-refractivity contribution in [2.75, 3.05) is 6.73 Å². The Balaban J connectivity index is 1.90. The molecule has 0 saturated heterocycles. The molecule has 0 aromatic heterocycles. The third kappa shape index (κ3) is 3.81. The molecular weight excluding hydrogens is 382 g/mol. The highest BCUT2D eigenvalue weighted by Gasteiger charge is 2.37. The zero-order valence-electron chi connectivity index (χ0n) is 15.2. The van der Waals surface area contributed by atoms with Gasteiger partial charge in [-0.05, 0) is 30.2 Å². The number of carbonyl (C=O) groups excluding carboxylic acids is 4. The molecular formula is C19H15N3O7. The minimum Gasteiger partial charge on any atom is -0.292 e. The summed E-state index contributed by atoms with van der Waals surface area (Å²) in [6, 6.07) is 11.6. The van der Waals surface area contributed by atoms with Crippen LogP contribution in [0.4, 0.5) is 0 Å². The second kappa shape index (κ2) is 7.89. The first-order valence-electron chi connectivity index (χ1n) is 8.41. The van der Waals surface area contributed by atoms with E-state index in [0.717, 1.165) is 10.5 Å². The lowest BCUT2D eigenvalue weighted by Gasteiger charge is -2.15. The molecule has 3 rings (SSSR count). The zero-order valence-corrected chi connectivity index (χ0v) is 15.2. The zero-order chi connectivity index (χ0) is 21.1. The number of rotatable bonds is 7. The molecule has 0 aliphatic carbocycles. The second-order valence-electron chi connectivity index (χ2n) is 6.26. The van der Waals surface area contributed by atoms with Crippen molar-refractivity contribution in [3.63, 3.8) is 0 Å². The van der Waals surface area contributed by atoms with Crippen molar-refractivity contribution < 1.29 is 29.1 Å². The highest BCUT2D eigenvalue weighted by Crippen LogP contribution is 2.28. The summed E-state index contributed by atoms with van der Waals surface area (Å²) >= 11 is 0. The van der Waals surface area contributed by atoms with E-state index in [0.29, 0.717) is 10.5 Å². The van der Waals surface area contributed by atoms with Crippen molar-refractivity contribution in [3.05, 3.63) is 80.4 Å². The molecule has 0 spiro atoms. The topological polar surface area (TPSA) is 127 Å². The SMILES string of the molecule is Cc1cc2c(cc1C(=O)N(C=O)CO[N+](=O)[O-])C(=O)N(Cc1ccccc1)C2=O. The van der Waals surface area contributed by atoms with Crippen LogP contribution < -0.4 is 0 Å². The van der Waals surface area contributed by atoms with E-state index in [1.54, 1.807) is 24.3 Å². The molecule has 1 aliphatic heterocycles. The Morgan fingerprint density at radius 3 is 2.38 bits per heavy atom. The molecule has 148 valence electrons. The number of amides is 4. The van der Waals surface area contributed by atoms with Crippen LogP contribution in [0.25, 0.3) is 0 Å². The molecule has 0 N–H and O–H groups in total. The largest absolute Gasteiger partial charge is 0.296 e. The van der Waals surface area contributed by atoms with Crippen LogP contribution in [0, 0.1) is 17.0 Å². The van der Waals surface area contributed by atoms with E-state index in [9.17, 15) is 29.3 Å². The number of carbonyl (C=O) groups is 4. The van der Waals surface area contributed by atoms with E-state index in [1.807, 2.05) is 6.07 Å². The Morgan fingerprint density at radius 2 is 1.79 bits per heavy atom. The van der Waals surface area contributed by atoms with E-state index < -0.39 is 29.5 Å². The van der Waals surface area contributed by atoms with Crippen molar-refractivity contribution in [3.8, 4) is 0 Å². The minimum atomic E-state index is -1.14. The number of fused-ring (bicyclic) bond motifs is 1.